The molecule has 6 heteroatoms. The summed E-state index contributed by atoms with van der Waals surface area (Å²) >= 11 is 0. The minimum atomic E-state index is -0.851. The second-order valence-electron chi connectivity index (χ2n) is 3.21. The Kier molecular flexibility index (Phi) is 3.84. The minimum Gasteiger partial charge on any atom is -0.491 e. The second-order valence-corrected chi connectivity index (χ2v) is 3.21. The van der Waals surface area contributed by atoms with E-state index < -0.39 is 17.9 Å². The second kappa shape index (κ2) is 5.13. The number of carbonyl (C=O) groups is 2. The van der Waals surface area contributed by atoms with Crippen LogP contribution in [0.2, 0.25) is 0 Å². The maximum atomic E-state index is 10.8. The van der Waals surface area contributed by atoms with Crippen molar-refractivity contribution in [1.82, 2.24) is 0 Å². The summed E-state index contributed by atoms with van der Waals surface area (Å²) < 4.78 is 5.19. The van der Waals surface area contributed by atoms with Crippen LogP contribution in [0.3, 0.4) is 0 Å². The molecule has 1 aromatic carbocycles. The molecule has 0 saturated carbocycles. The lowest BCUT2D eigenvalue weighted by Crippen LogP contribution is -2.41. The molecule has 6 nitrogen and oxygen atoms in total. The number of hydrogen-bond donors (Lipinski definition) is 3. The molecule has 0 saturated heterocycles. The van der Waals surface area contributed by atoms with Crippen molar-refractivity contribution in [3.8, 4) is 5.75 Å². The number of amides is 2. The summed E-state index contributed by atoms with van der Waals surface area (Å²) in [6, 6.07) is 5.32. The molecule has 0 aliphatic carbocycles. The van der Waals surface area contributed by atoms with Crippen molar-refractivity contribution in [2.75, 3.05) is 6.61 Å². The fourth-order valence-electron chi connectivity index (χ4n) is 0.984. The molecule has 1 unspecified atom stereocenters. The lowest BCUT2D eigenvalue weighted by Gasteiger charge is -2.09. The SMILES string of the molecule is NC(=O)c1ccc(OCC(N)C(N)=O)cc1. The van der Waals surface area contributed by atoms with Crippen molar-refractivity contribution < 1.29 is 14.3 Å². The molecule has 0 heterocycles. The fraction of sp³-hybridized carbons (Fsp3) is 0.200. The maximum absolute atomic E-state index is 10.8. The van der Waals surface area contributed by atoms with Gasteiger partial charge in [-0.25, -0.2) is 0 Å². The Balaban J connectivity index is 2.56. The number of hydrogen-bond acceptors (Lipinski definition) is 4. The highest BCUT2D eigenvalue weighted by Gasteiger charge is 2.09. The molecular formula is C10H13N3O3. The molecule has 0 radical (unpaired) electrons. The third-order valence-electron chi connectivity index (χ3n) is 1.93. The van der Waals surface area contributed by atoms with Gasteiger partial charge in [0.1, 0.15) is 18.4 Å². The highest BCUT2D eigenvalue weighted by Crippen LogP contribution is 2.11. The first-order valence-corrected chi connectivity index (χ1v) is 4.58. The molecule has 1 atom stereocenters. The molecule has 1 aromatic rings. The van der Waals surface area contributed by atoms with Crippen LogP contribution in [0.1, 0.15) is 10.4 Å². The van der Waals surface area contributed by atoms with Crippen LogP contribution in [-0.4, -0.2) is 24.5 Å². The van der Waals surface area contributed by atoms with E-state index in [0.717, 1.165) is 0 Å². The summed E-state index contributed by atoms with van der Waals surface area (Å²) in [5.41, 5.74) is 15.8. The summed E-state index contributed by atoms with van der Waals surface area (Å²) in [6.07, 6.45) is 0. The van der Waals surface area contributed by atoms with Gasteiger partial charge in [0, 0.05) is 5.56 Å². The van der Waals surface area contributed by atoms with Gasteiger partial charge in [0.05, 0.1) is 0 Å². The number of primary amides is 2. The van der Waals surface area contributed by atoms with E-state index in [0.29, 0.717) is 11.3 Å². The first kappa shape index (κ1) is 12.0. The van der Waals surface area contributed by atoms with Gasteiger partial charge in [-0.15, -0.1) is 0 Å². The van der Waals surface area contributed by atoms with Gasteiger partial charge in [-0.05, 0) is 24.3 Å². The summed E-state index contributed by atoms with van der Waals surface area (Å²) in [5.74, 6) is -0.657. The van der Waals surface area contributed by atoms with Gasteiger partial charge in [0.15, 0.2) is 0 Å². The lowest BCUT2D eigenvalue weighted by molar-refractivity contribution is -0.119. The van der Waals surface area contributed by atoms with Crippen molar-refractivity contribution in [2.45, 2.75) is 6.04 Å². The molecule has 16 heavy (non-hydrogen) atoms. The lowest BCUT2D eigenvalue weighted by atomic mass is 10.2. The Bertz CT molecular complexity index is 389. The number of ether oxygens (including phenoxy) is 1. The van der Waals surface area contributed by atoms with E-state index in [9.17, 15) is 9.59 Å². The van der Waals surface area contributed by atoms with Gasteiger partial charge >= 0.3 is 0 Å². The molecule has 1 rings (SSSR count). The van der Waals surface area contributed by atoms with Crippen LogP contribution in [0.15, 0.2) is 24.3 Å². The third kappa shape index (κ3) is 3.25. The monoisotopic (exact) mass is 223 g/mol. The highest BCUT2D eigenvalue weighted by atomic mass is 16.5. The molecule has 2 amide bonds. The normalized spacial score (nSPS) is 11.8. The van der Waals surface area contributed by atoms with Gasteiger partial charge in [0.25, 0.3) is 0 Å². The van der Waals surface area contributed by atoms with Gasteiger partial charge < -0.3 is 21.9 Å². The van der Waals surface area contributed by atoms with Gasteiger partial charge in [-0.1, -0.05) is 0 Å². The van der Waals surface area contributed by atoms with Crippen LogP contribution in [0.5, 0.6) is 5.75 Å². The number of nitrogens with two attached hydrogens (primary N) is 3. The number of carbonyl (C=O) groups excluding carboxylic acids is 2. The Morgan fingerprint density at radius 2 is 1.75 bits per heavy atom. The van der Waals surface area contributed by atoms with Crippen molar-refractivity contribution >= 4 is 11.8 Å². The molecule has 0 fully saturated rings. The van der Waals surface area contributed by atoms with Crippen LogP contribution in [0.25, 0.3) is 0 Å². The molecule has 0 aliphatic rings. The van der Waals surface area contributed by atoms with Crippen molar-refractivity contribution in [1.29, 1.82) is 0 Å². The predicted octanol–water partition coefficient (Wildman–Crippen LogP) is -1.02. The molecular weight excluding hydrogens is 210 g/mol. The predicted molar refractivity (Wildman–Crippen MR) is 57.6 cm³/mol. The molecule has 6 N–H and O–H groups in total. The van der Waals surface area contributed by atoms with E-state index in [1.165, 1.54) is 12.1 Å². The molecule has 86 valence electrons. The van der Waals surface area contributed by atoms with E-state index in [1.54, 1.807) is 12.1 Å². The van der Waals surface area contributed by atoms with Crippen molar-refractivity contribution in [2.24, 2.45) is 17.2 Å². The summed E-state index contributed by atoms with van der Waals surface area (Å²) in [5, 5.41) is 0. The number of rotatable bonds is 5. The Hall–Kier alpha value is -2.08. The first-order chi connectivity index (χ1) is 7.50. The summed E-state index contributed by atoms with van der Waals surface area (Å²) in [4.78, 5) is 21.4. The third-order valence-corrected chi connectivity index (χ3v) is 1.93. The Morgan fingerprint density at radius 3 is 2.19 bits per heavy atom. The molecule has 0 spiro atoms. The van der Waals surface area contributed by atoms with Gasteiger partial charge in [-0.3, -0.25) is 9.59 Å². The van der Waals surface area contributed by atoms with Crippen LogP contribution in [0, 0.1) is 0 Å². The minimum absolute atomic E-state index is 0.00868. The number of benzene rings is 1. The first-order valence-electron chi connectivity index (χ1n) is 4.58. The van der Waals surface area contributed by atoms with E-state index >= 15 is 0 Å². The fourth-order valence-corrected chi connectivity index (χ4v) is 0.984. The van der Waals surface area contributed by atoms with Gasteiger partial charge in [-0.2, -0.15) is 0 Å². The molecule has 0 aliphatic heterocycles. The molecule has 0 aromatic heterocycles. The summed E-state index contributed by atoms with van der Waals surface area (Å²) in [7, 11) is 0. The van der Waals surface area contributed by atoms with Crippen LogP contribution in [0.4, 0.5) is 0 Å². The maximum Gasteiger partial charge on any atom is 0.248 e. The summed E-state index contributed by atoms with van der Waals surface area (Å²) in [6.45, 7) is -0.00868. The largest absolute Gasteiger partial charge is 0.491 e. The smallest absolute Gasteiger partial charge is 0.248 e. The zero-order valence-electron chi connectivity index (χ0n) is 8.55. The Morgan fingerprint density at radius 1 is 1.19 bits per heavy atom. The zero-order valence-corrected chi connectivity index (χ0v) is 8.55. The van der Waals surface area contributed by atoms with E-state index in [-0.39, 0.29) is 6.61 Å². The van der Waals surface area contributed by atoms with E-state index in [2.05, 4.69) is 0 Å². The van der Waals surface area contributed by atoms with Crippen LogP contribution in [-0.2, 0) is 4.79 Å². The van der Waals surface area contributed by atoms with Crippen LogP contribution < -0.4 is 21.9 Å². The Labute approximate surface area is 92.3 Å². The van der Waals surface area contributed by atoms with Crippen molar-refractivity contribution in [3.05, 3.63) is 29.8 Å². The average Bonchev–Trinajstić information content (AvgIpc) is 2.26. The van der Waals surface area contributed by atoms with E-state index in [4.69, 9.17) is 21.9 Å². The topological polar surface area (TPSA) is 121 Å². The average molecular weight is 223 g/mol. The van der Waals surface area contributed by atoms with Crippen molar-refractivity contribution in [3.63, 3.8) is 0 Å². The van der Waals surface area contributed by atoms with Crippen LogP contribution >= 0.6 is 0 Å². The standard InChI is InChI=1S/C10H13N3O3/c11-8(10(13)15)5-16-7-3-1-6(2-4-7)9(12)14/h1-4,8H,5,11H2,(H2,12,14)(H2,13,15). The molecule has 0 bridgehead atoms. The highest BCUT2D eigenvalue weighted by molar-refractivity contribution is 5.92. The zero-order chi connectivity index (χ0) is 12.1. The quantitative estimate of drug-likeness (QED) is 0.591. The van der Waals surface area contributed by atoms with E-state index in [1.807, 2.05) is 0 Å². The van der Waals surface area contributed by atoms with Gasteiger partial charge in [0.2, 0.25) is 11.8 Å².